The van der Waals surface area contributed by atoms with Crippen LogP contribution >= 0.6 is 0 Å². The van der Waals surface area contributed by atoms with Crippen LogP contribution in [0.1, 0.15) is 0 Å². The number of para-hydroxylation sites is 1. The molecule has 4 heterocycles. The third-order valence-corrected chi connectivity index (χ3v) is 8.27. The van der Waals surface area contributed by atoms with E-state index in [9.17, 15) is 14.6 Å². The molecule has 0 fully saturated rings. The van der Waals surface area contributed by atoms with Crippen LogP contribution in [0.15, 0.2) is 128 Å². The number of nitrogens with zero attached hydrogens (tertiary/aromatic N) is 2. The van der Waals surface area contributed by atoms with Crippen molar-refractivity contribution in [2.75, 3.05) is 14.2 Å². The number of fused-ring (bicyclic) bond motifs is 2. The number of rotatable bonds is 6. The minimum Gasteiger partial charge on any atom is -0.508 e. The molecule has 49 heavy (non-hydrogen) atoms. The second kappa shape index (κ2) is 13.2. The second-order valence-electron chi connectivity index (χ2n) is 11.3. The summed E-state index contributed by atoms with van der Waals surface area (Å²) < 4.78 is 24.6. The van der Waals surface area contributed by atoms with Crippen molar-refractivity contribution in [3.05, 3.63) is 134 Å². The first-order chi connectivity index (χ1) is 23.9. The molecule has 0 radical (unpaired) electrons. The minimum atomic E-state index is -0.331. The molecule has 0 aliphatic heterocycles. The minimum absolute atomic E-state index is 0.193. The smallest absolute Gasteiger partial charge is 0.137 e. The molecule has 8 nitrogen and oxygen atoms in total. The number of ether oxygens (including phenoxy) is 2. The average Bonchev–Trinajstić information content (AvgIpc) is 3.76. The van der Waals surface area contributed by atoms with Crippen molar-refractivity contribution in [1.29, 1.82) is 0 Å². The Kier molecular flexibility index (Phi) is 8.39. The zero-order chi connectivity index (χ0) is 33.9. The van der Waals surface area contributed by atoms with E-state index in [-0.39, 0.29) is 17.3 Å². The highest BCUT2D eigenvalue weighted by molar-refractivity contribution is 5.98. The highest BCUT2D eigenvalue weighted by Crippen LogP contribution is 2.38. The van der Waals surface area contributed by atoms with E-state index in [1.165, 1.54) is 12.1 Å². The summed E-state index contributed by atoms with van der Waals surface area (Å²) in [6.07, 6.45) is 7.28. The van der Waals surface area contributed by atoms with Crippen LogP contribution in [0.4, 0.5) is 4.39 Å². The van der Waals surface area contributed by atoms with Gasteiger partial charge in [-0.3, -0.25) is 0 Å². The number of aromatic hydroxyl groups is 2. The third-order valence-electron chi connectivity index (χ3n) is 8.27. The standard InChI is InChI=1S/C20H15FN2O2.C20H16N2O2/c1-25-19-6-5-14(21)9-16(19)18-11-23-20-17(18)8-13(10-22-20)12-3-2-4-15(24)7-12;1-24-19-8-3-2-7-16(19)18-12-22-20-17(18)10-14(11-21-20)13-5-4-6-15(23)9-13/h2-11,24H,1H3,(H,22,23);2-12,23H,1H3,(H,21,22). The van der Waals surface area contributed by atoms with Crippen molar-refractivity contribution in [1.82, 2.24) is 19.9 Å². The largest absolute Gasteiger partial charge is 0.508 e. The van der Waals surface area contributed by atoms with Gasteiger partial charge in [-0.25, -0.2) is 14.4 Å². The molecule has 0 bridgehead atoms. The normalized spacial score (nSPS) is 10.9. The van der Waals surface area contributed by atoms with E-state index >= 15 is 0 Å². The van der Waals surface area contributed by atoms with E-state index in [2.05, 4.69) is 26.0 Å². The van der Waals surface area contributed by atoms with Gasteiger partial charge in [-0.05, 0) is 71.8 Å². The Bertz CT molecular complexity index is 2430. The quantitative estimate of drug-likeness (QED) is 0.143. The van der Waals surface area contributed by atoms with Gasteiger partial charge in [0.25, 0.3) is 0 Å². The number of hydrogen-bond acceptors (Lipinski definition) is 6. The number of aromatic amines is 2. The molecule has 0 saturated heterocycles. The molecule has 0 aliphatic rings. The van der Waals surface area contributed by atoms with Crippen LogP contribution in [0.25, 0.3) is 66.6 Å². The lowest BCUT2D eigenvalue weighted by Crippen LogP contribution is -1.89. The molecule has 0 aliphatic carbocycles. The SMILES string of the molecule is COc1ccc(F)cc1-c1c[nH]c2ncc(-c3cccc(O)c3)cc12.COc1ccccc1-c1c[nH]c2ncc(-c3cccc(O)c3)cc12. The lowest BCUT2D eigenvalue weighted by molar-refractivity contribution is 0.415. The summed E-state index contributed by atoms with van der Waals surface area (Å²) in [4.78, 5) is 15.3. The molecular formula is C40H31FN4O4. The zero-order valence-corrected chi connectivity index (χ0v) is 26.6. The van der Waals surface area contributed by atoms with Crippen molar-refractivity contribution in [3.8, 4) is 67.5 Å². The summed E-state index contributed by atoms with van der Waals surface area (Å²) in [5.41, 5.74) is 8.63. The molecule has 4 aromatic heterocycles. The number of H-pyrrole nitrogens is 2. The van der Waals surface area contributed by atoms with E-state index in [0.717, 1.165) is 61.1 Å². The van der Waals surface area contributed by atoms with Crippen molar-refractivity contribution in [3.63, 3.8) is 0 Å². The lowest BCUT2D eigenvalue weighted by atomic mass is 10.0. The van der Waals surface area contributed by atoms with E-state index in [0.29, 0.717) is 17.0 Å². The first-order valence-electron chi connectivity index (χ1n) is 15.4. The Morgan fingerprint density at radius 2 is 1.06 bits per heavy atom. The van der Waals surface area contributed by atoms with Crippen molar-refractivity contribution >= 4 is 22.1 Å². The fourth-order valence-corrected chi connectivity index (χ4v) is 5.90. The molecule has 0 atom stereocenters. The Balaban J connectivity index is 0.000000154. The van der Waals surface area contributed by atoms with Crippen LogP contribution < -0.4 is 9.47 Å². The highest BCUT2D eigenvalue weighted by Gasteiger charge is 2.15. The molecule has 0 amide bonds. The predicted octanol–water partition coefficient (Wildman–Crippen LogP) is 9.36. The van der Waals surface area contributed by atoms with E-state index in [1.807, 2.05) is 54.7 Å². The van der Waals surface area contributed by atoms with Gasteiger partial charge in [0.15, 0.2) is 0 Å². The molecule has 8 aromatic rings. The zero-order valence-electron chi connectivity index (χ0n) is 26.6. The molecule has 242 valence electrons. The number of pyridine rings is 2. The monoisotopic (exact) mass is 650 g/mol. The van der Waals surface area contributed by atoms with E-state index in [1.54, 1.807) is 69.2 Å². The van der Waals surface area contributed by atoms with Gasteiger partial charge in [-0.2, -0.15) is 0 Å². The van der Waals surface area contributed by atoms with Gasteiger partial charge >= 0.3 is 0 Å². The summed E-state index contributed by atoms with van der Waals surface area (Å²) in [6.45, 7) is 0. The van der Waals surface area contributed by atoms with Gasteiger partial charge in [-0.15, -0.1) is 0 Å². The fraction of sp³-hybridized carbons (Fsp3) is 0.0500. The Hall–Kier alpha value is -6.61. The number of methoxy groups -OCH3 is 2. The topological polar surface area (TPSA) is 116 Å². The number of nitrogens with one attached hydrogen (secondary N) is 2. The van der Waals surface area contributed by atoms with Crippen LogP contribution in [0, 0.1) is 5.82 Å². The van der Waals surface area contributed by atoms with Crippen LogP contribution in [0.5, 0.6) is 23.0 Å². The molecule has 0 unspecified atom stereocenters. The summed E-state index contributed by atoms with van der Waals surface area (Å²) in [7, 11) is 3.23. The maximum Gasteiger partial charge on any atom is 0.137 e. The summed E-state index contributed by atoms with van der Waals surface area (Å²) in [5, 5.41) is 21.3. The first-order valence-corrected chi connectivity index (χ1v) is 15.4. The first kappa shape index (κ1) is 31.0. The maximum atomic E-state index is 13.8. The van der Waals surface area contributed by atoms with Crippen molar-refractivity contribution in [2.24, 2.45) is 0 Å². The fourth-order valence-electron chi connectivity index (χ4n) is 5.90. The van der Waals surface area contributed by atoms with E-state index < -0.39 is 0 Å². The third kappa shape index (κ3) is 6.25. The number of aromatic nitrogens is 4. The predicted molar refractivity (Wildman–Crippen MR) is 190 cm³/mol. The van der Waals surface area contributed by atoms with Gasteiger partial charge in [-0.1, -0.05) is 42.5 Å². The van der Waals surface area contributed by atoms with Gasteiger partial charge in [0.05, 0.1) is 14.2 Å². The number of benzene rings is 4. The van der Waals surface area contributed by atoms with Gasteiger partial charge < -0.3 is 29.7 Å². The molecular weight excluding hydrogens is 619 g/mol. The Morgan fingerprint density at radius 3 is 1.61 bits per heavy atom. The summed E-state index contributed by atoms with van der Waals surface area (Å²) in [5.74, 6) is 1.51. The molecule has 0 spiro atoms. The van der Waals surface area contributed by atoms with Crippen molar-refractivity contribution in [2.45, 2.75) is 0 Å². The number of hydrogen-bond donors (Lipinski definition) is 4. The summed E-state index contributed by atoms with van der Waals surface area (Å²) in [6, 6.07) is 30.5. The number of phenolic OH excluding ortho intramolecular Hbond substituents is 2. The van der Waals surface area contributed by atoms with E-state index in [4.69, 9.17) is 9.47 Å². The number of phenols is 2. The van der Waals surface area contributed by atoms with Crippen LogP contribution in [-0.2, 0) is 0 Å². The van der Waals surface area contributed by atoms with Crippen LogP contribution in [0.2, 0.25) is 0 Å². The lowest BCUT2D eigenvalue weighted by Gasteiger charge is -2.08. The Labute approximate surface area is 281 Å². The number of halogens is 1. The molecule has 9 heteroatoms. The highest BCUT2D eigenvalue weighted by atomic mass is 19.1. The summed E-state index contributed by atoms with van der Waals surface area (Å²) >= 11 is 0. The van der Waals surface area contributed by atoms with Gasteiger partial charge in [0, 0.05) is 68.9 Å². The molecule has 8 rings (SSSR count). The second-order valence-corrected chi connectivity index (χ2v) is 11.3. The molecule has 4 N–H and O–H groups in total. The average molecular weight is 651 g/mol. The van der Waals surface area contributed by atoms with Crippen molar-refractivity contribution < 1.29 is 24.1 Å². The Morgan fingerprint density at radius 1 is 0.531 bits per heavy atom. The van der Waals surface area contributed by atoms with Crippen LogP contribution in [0.3, 0.4) is 0 Å². The maximum absolute atomic E-state index is 13.8. The molecule has 0 saturated carbocycles. The van der Waals surface area contributed by atoms with Gasteiger partial charge in [0.1, 0.15) is 40.1 Å². The molecule has 4 aromatic carbocycles. The van der Waals surface area contributed by atoms with Gasteiger partial charge in [0.2, 0.25) is 0 Å². The van der Waals surface area contributed by atoms with Crippen LogP contribution in [-0.4, -0.2) is 44.4 Å².